The first-order valence-electron chi connectivity index (χ1n) is 13.0. The summed E-state index contributed by atoms with van der Waals surface area (Å²) in [5, 5.41) is 0.893. The Morgan fingerprint density at radius 1 is 0.594 bits per heavy atom. The lowest BCUT2D eigenvalue weighted by atomic mass is 9.98. The molecule has 0 aromatic rings. The van der Waals surface area contributed by atoms with Gasteiger partial charge in [0.25, 0.3) is 0 Å². The van der Waals surface area contributed by atoms with E-state index in [2.05, 4.69) is 43.6 Å². The first-order valence-corrected chi connectivity index (χ1v) is 14.1. The molecule has 1 aliphatic heterocycles. The Morgan fingerprint density at radius 2 is 1.09 bits per heavy atom. The van der Waals surface area contributed by atoms with Gasteiger partial charge in [0.1, 0.15) is 24.4 Å². The Labute approximate surface area is 205 Å². The summed E-state index contributed by atoms with van der Waals surface area (Å²) in [5.74, 6) is 0. The third-order valence-corrected chi connectivity index (χ3v) is 6.06. The van der Waals surface area contributed by atoms with Gasteiger partial charge in [-0.1, -0.05) is 69.3 Å². The fourth-order valence-electron chi connectivity index (χ4n) is 3.51. The van der Waals surface area contributed by atoms with E-state index < -0.39 is 6.29 Å². The second kappa shape index (κ2) is 20.6. The number of hydrogen-bond acceptors (Lipinski definition) is 6. The smallest absolute Gasteiger partial charge is 0.186 e. The van der Waals surface area contributed by atoms with E-state index in [1.807, 2.05) is 0 Å². The lowest BCUT2D eigenvalue weighted by molar-refractivity contribution is -0.323. The average Bonchev–Trinajstić information content (AvgIpc) is 2.80. The van der Waals surface area contributed by atoms with E-state index in [-0.39, 0.29) is 24.4 Å². The molecule has 32 heavy (non-hydrogen) atoms. The van der Waals surface area contributed by atoms with Crippen molar-refractivity contribution in [3.8, 4) is 0 Å². The largest absolute Gasteiger partial charge is 0.379 e. The van der Waals surface area contributed by atoms with Crippen LogP contribution in [-0.4, -0.2) is 75.7 Å². The maximum Gasteiger partial charge on any atom is 0.186 e. The molecule has 1 saturated heterocycles. The van der Waals surface area contributed by atoms with E-state index in [9.17, 15) is 0 Å². The number of unbranched alkanes of at least 4 members (excludes halogenated alkanes) is 4. The van der Waals surface area contributed by atoms with Crippen LogP contribution in [0.5, 0.6) is 0 Å². The van der Waals surface area contributed by atoms with Gasteiger partial charge in [0, 0.05) is 31.8 Å². The molecule has 6 nitrogen and oxygen atoms in total. The highest BCUT2D eigenvalue weighted by molar-refractivity contribution is 9.09. The molecule has 0 saturated carbocycles. The van der Waals surface area contributed by atoms with Crippen LogP contribution in [0.25, 0.3) is 0 Å². The summed E-state index contributed by atoms with van der Waals surface area (Å²) in [6, 6.07) is 0. The van der Waals surface area contributed by atoms with Gasteiger partial charge in [-0.3, -0.25) is 0 Å². The molecule has 0 N–H and O–H groups in total. The third-order valence-electron chi connectivity index (χ3n) is 5.50. The van der Waals surface area contributed by atoms with Crippen LogP contribution in [0, 0.1) is 0 Å². The first-order chi connectivity index (χ1) is 15.7. The summed E-state index contributed by atoms with van der Waals surface area (Å²) in [7, 11) is 0. The van der Waals surface area contributed by atoms with Crippen LogP contribution < -0.4 is 0 Å². The normalized spacial score (nSPS) is 26.0. The second-order valence-corrected chi connectivity index (χ2v) is 9.24. The molecule has 1 heterocycles. The van der Waals surface area contributed by atoms with Crippen molar-refractivity contribution < 1.29 is 28.4 Å². The molecule has 5 atom stereocenters. The fourth-order valence-corrected chi connectivity index (χ4v) is 3.73. The van der Waals surface area contributed by atoms with E-state index in [4.69, 9.17) is 28.4 Å². The lowest BCUT2D eigenvalue weighted by Gasteiger charge is -2.46. The Morgan fingerprint density at radius 3 is 1.66 bits per heavy atom. The Kier molecular flexibility index (Phi) is 19.5. The van der Waals surface area contributed by atoms with Crippen LogP contribution >= 0.6 is 15.9 Å². The van der Waals surface area contributed by atoms with E-state index >= 15 is 0 Å². The van der Waals surface area contributed by atoms with Crippen molar-refractivity contribution in [2.75, 3.05) is 45.0 Å². The van der Waals surface area contributed by atoms with E-state index in [0.717, 1.165) is 69.7 Å². The zero-order valence-electron chi connectivity index (χ0n) is 21.0. The SMILES string of the molecule is CCCCOCC1OC(OCCCBr)C(OCCCC)C(OCCCC)C1OCCCC. The van der Waals surface area contributed by atoms with Crippen molar-refractivity contribution in [3.05, 3.63) is 0 Å². The minimum Gasteiger partial charge on any atom is -0.379 e. The van der Waals surface area contributed by atoms with Crippen molar-refractivity contribution in [2.45, 2.75) is 116 Å². The first kappa shape index (κ1) is 30.3. The quantitative estimate of drug-likeness (QED) is 0.138. The van der Waals surface area contributed by atoms with Gasteiger partial charge >= 0.3 is 0 Å². The van der Waals surface area contributed by atoms with E-state index in [1.54, 1.807) is 0 Å². The number of alkyl halides is 1. The third kappa shape index (κ3) is 12.1. The summed E-state index contributed by atoms with van der Waals surface area (Å²) in [6.45, 7) is 12.5. The van der Waals surface area contributed by atoms with Crippen molar-refractivity contribution in [3.63, 3.8) is 0 Å². The average molecular weight is 526 g/mol. The van der Waals surface area contributed by atoms with Gasteiger partial charge in [-0.2, -0.15) is 0 Å². The fraction of sp³-hybridized carbons (Fsp3) is 1.00. The van der Waals surface area contributed by atoms with E-state index in [1.165, 1.54) is 0 Å². The van der Waals surface area contributed by atoms with Crippen molar-refractivity contribution >= 4 is 15.9 Å². The maximum atomic E-state index is 6.44. The van der Waals surface area contributed by atoms with Crippen LogP contribution in [-0.2, 0) is 28.4 Å². The number of ether oxygens (including phenoxy) is 6. The van der Waals surface area contributed by atoms with Crippen LogP contribution in [0.2, 0.25) is 0 Å². The molecule has 0 spiro atoms. The Bertz CT molecular complexity index is 414. The number of rotatable bonds is 21. The van der Waals surface area contributed by atoms with Crippen molar-refractivity contribution in [1.82, 2.24) is 0 Å². The molecule has 192 valence electrons. The lowest BCUT2D eigenvalue weighted by Crippen LogP contribution is -2.62. The molecule has 0 aliphatic carbocycles. The van der Waals surface area contributed by atoms with Crippen molar-refractivity contribution in [2.24, 2.45) is 0 Å². The van der Waals surface area contributed by atoms with Crippen LogP contribution in [0.15, 0.2) is 0 Å². The van der Waals surface area contributed by atoms with Crippen LogP contribution in [0.4, 0.5) is 0 Å². The van der Waals surface area contributed by atoms with Crippen LogP contribution in [0.1, 0.15) is 85.5 Å². The predicted molar refractivity (Wildman–Crippen MR) is 133 cm³/mol. The molecule has 5 unspecified atom stereocenters. The van der Waals surface area contributed by atoms with Gasteiger partial charge < -0.3 is 28.4 Å². The topological polar surface area (TPSA) is 55.4 Å². The number of hydrogen-bond donors (Lipinski definition) is 0. The Balaban J connectivity index is 3.03. The summed E-state index contributed by atoms with van der Waals surface area (Å²) in [4.78, 5) is 0. The van der Waals surface area contributed by atoms with Gasteiger partial charge in [-0.25, -0.2) is 0 Å². The molecule has 0 aromatic carbocycles. The molecule has 1 aliphatic rings. The highest BCUT2D eigenvalue weighted by Crippen LogP contribution is 2.30. The number of halogens is 1. The minimum atomic E-state index is -0.483. The molecule has 7 heteroatoms. The van der Waals surface area contributed by atoms with Gasteiger partial charge in [0.15, 0.2) is 6.29 Å². The monoisotopic (exact) mass is 524 g/mol. The standard InChI is InChI=1S/C25H49BrO6/c1-5-9-15-27-20-21-22(28-16-10-6-2)23(29-17-11-7-3)24(30-18-12-8-4)25(32-21)31-19-13-14-26/h21-25H,5-20H2,1-4H3. The van der Waals surface area contributed by atoms with Gasteiger partial charge in [0.2, 0.25) is 0 Å². The van der Waals surface area contributed by atoms with Crippen molar-refractivity contribution in [1.29, 1.82) is 0 Å². The minimum absolute atomic E-state index is 0.234. The van der Waals surface area contributed by atoms with Gasteiger partial charge in [-0.05, 0) is 32.1 Å². The summed E-state index contributed by atoms with van der Waals surface area (Å²) in [5.41, 5.74) is 0. The molecule has 0 radical (unpaired) electrons. The molecule has 0 bridgehead atoms. The summed E-state index contributed by atoms with van der Waals surface area (Å²) >= 11 is 3.48. The highest BCUT2D eigenvalue weighted by atomic mass is 79.9. The Hall–Kier alpha value is 0.240. The zero-order valence-corrected chi connectivity index (χ0v) is 22.6. The predicted octanol–water partition coefficient (Wildman–Crippen LogP) is 5.89. The molecular formula is C25H49BrO6. The highest BCUT2D eigenvalue weighted by Gasteiger charge is 2.48. The molecule has 0 amide bonds. The van der Waals surface area contributed by atoms with Crippen LogP contribution in [0.3, 0.4) is 0 Å². The second-order valence-electron chi connectivity index (χ2n) is 8.45. The zero-order chi connectivity index (χ0) is 23.4. The molecule has 0 aromatic heterocycles. The summed E-state index contributed by atoms with van der Waals surface area (Å²) < 4.78 is 37.7. The molecular weight excluding hydrogens is 476 g/mol. The molecule has 1 fully saturated rings. The molecule has 1 rings (SSSR count). The summed E-state index contributed by atoms with van der Waals surface area (Å²) in [6.07, 6.45) is 7.81. The van der Waals surface area contributed by atoms with E-state index in [0.29, 0.717) is 33.0 Å². The maximum absolute atomic E-state index is 6.44. The van der Waals surface area contributed by atoms with Gasteiger partial charge in [0.05, 0.1) is 13.2 Å². The van der Waals surface area contributed by atoms with Gasteiger partial charge in [-0.15, -0.1) is 0 Å².